The molecule has 1 amide bonds. The minimum absolute atomic E-state index is 0.151. The maximum atomic E-state index is 12.0. The lowest BCUT2D eigenvalue weighted by Gasteiger charge is -1.98. The molecule has 23 heavy (non-hydrogen) atoms. The van der Waals surface area contributed by atoms with Gasteiger partial charge in [0.1, 0.15) is 0 Å². The molecule has 6 heteroatoms. The third-order valence-corrected chi connectivity index (χ3v) is 4.40. The summed E-state index contributed by atoms with van der Waals surface area (Å²) in [4.78, 5) is 21.0. The van der Waals surface area contributed by atoms with Crippen LogP contribution < -0.4 is 5.32 Å². The molecule has 0 aliphatic carbocycles. The molecule has 3 rings (SSSR count). The number of hydrogen-bond donors (Lipinski definition) is 1. The number of rotatable bonds is 3. The average molecular weight is 344 g/mol. The molecule has 0 spiro atoms. The van der Waals surface area contributed by atoms with Gasteiger partial charge in [-0.15, -0.1) is 0 Å². The van der Waals surface area contributed by atoms with E-state index in [-0.39, 0.29) is 5.91 Å². The maximum Gasteiger partial charge on any atom is 0.264 e. The zero-order valence-corrected chi connectivity index (χ0v) is 14.0. The zero-order chi connectivity index (χ0) is 16.2. The van der Waals surface area contributed by atoms with Crippen molar-refractivity contribution in [3.63, 3.8) is 0 Å². The molecule has 1 aromatic heterocycles. The van der Waals surface area contributed by atoms with Crippen molar-refractivity contribution >= 4 is 46.3 Å². The molecule has 0 bridgehead atoms. The first-order valence-electron chi connectivity index (χ1n) is 7.14. The number of aryl methyl sites for hydroxylation is 1. The summed E-state index contributed by atoms with van der Waals surface area (Å²) in [5, 5.41) is 3.81. The SMILES string of the molecule is CCc1ccc(/C=C2\SC(=Nc3ccc(Cl)cn3)NC2=O)cc1. The number of benzene rings is 1. The van der Waals surface area contributed by atoms with Gasteiger partial charge in [-0.05, 0) is 47.5 Å². The standard InChI is InChI=1S/C17H14ClN3OS/c1-2-11-3-5-12(6-4-11)9-14-16(22)21-17(23-14)20-15-8-7-13(18)10-19-15/h3-10H,2H2,1H3,(H,19,20,21,22)/b14-9-. The fourth-order valence-corrected chi connectivity index (χ4v) is 2.96. The highest BCUT2D eigenvalue weighted by Crippen LogP contribution is 2.27. The van der Waals surface area contributed by atoms with E-state index in [4.69, 9.17) is 11.6 Å². The number of halogens is 1. The molecule has 0 atom stereocenters. The zero-order valence-electron chi connectivity index (χ0n) is 12.4. The second kappa shape index (κ2) is 6.98. The molecule has 4 nitrogen and oxygen atoms in total. The summed E-state index contributed by atoms with van der Waals surface area (Å²) in [5.41, 5.74) is 2.26. The first-order valence-corrected chi connectivity index (χ1v) is 8.33. The number of carbonyl (C=O) groups excluding carboxylic acids is 1. The molecule has 2 aromatic rings. The van der Waals surface area contributed by atoms with E-state index in [0.29, 0.717) is 20.9 Å². The third-order valence-electron chi connectivity index (χ3n) is 3.26. The minimum atomic E-state index is -0.151. The summed E-state index contributed by atoms with van der Waals surface area (Å²) in [6.45, 7) is 2.11. The normalized spacial score (nSPS) is 17.7. The van der Waals surface area contributed by atoms with Gasteiger partial charge in [-0.1, -0.05) is 42.8 Å². The molecule has 0 radical (unpaired) electrons. The van der Waals surface area contributed by atoms with Crippen LogP contribution in [0.1, 0.15) is 18.1 Å². The molecular formula is C17H14ClN3OS. The second-order valence-corrected chi connectivity index (χ2v) is 6.38. The van der Waals surface area contributed by atoms with Gasteiger partial charge in [-0.25, -0.2) is 9.98 Å². The number of hydrogen-bond acceptors (Lipinski definition) is 4. The van der Waals surface area contributed by atoms with Crippen LogP contribution in [0.2, 0.25) is 5.02 Å². The van der Waals surface area contributed by atoms with Crippen LogP contribution in [-0.2, 0) is 11.2 Å². The lowest BCUT2D eigenvalue weighted by Crippen LogP contribution is -2.19. The van der Waals surface area contributed by atoms with Crippen molar-refractivity contribution in [1.82, 2.24) is 10.3 Å². The fraction of sp³-hybridized carbons (Fsp3) is 0.118. The second-order valence-electron chi connectivity index (χ2n) is 4.91. The quantitative estimate of drug-likeness (QED) is 0.850. The van der Waals surface area contributed by atoms with Gasteiger partial charge < -0.3 is 5.32 Å². The Morgan fingerprint density at radius 1 is 1.26 bits per heavy atom. The summed E-state index contributed by atoms with van der Waals surface area (Å²) in [6, 6.07) is 11.6. The van der Waals surface area contributed by atoms with Crippen LogP contribution in [0.15, 0.2) is 52.5 Å². The van der Waals surface area contributed by atoms with E-state index in [1.807, 2.05) is 18.2 Å². The lowest BCUT2D eigenvalue weighted by atomic mass is 10.1. The molecule has 1 saturated heterocycles. The molecule has 1 aliphatic rings. The fourth-order valence-electron chi connectivity index (χ4n) is 2.02. The Balaban J connectivity index is 1.78. The first kappa shape index (κ1) is 15.8. The summed E-state index contributed by atoms with van der Waals surface area (Å²) < 4.78 is 0. The van der Waals surface area contributed by atoms with Gasteiger partial charge in [-0.2, -0.15) is 0 Å². The van der Waals surface area contributed by atoms with Crippen LogP contribution in [0.3, 0.4) is 0 Å². The van der Waals surface area contributed by atoms with Crippen molar-refractivity contribution in [3.05, 3.63) is 63.6 Å². The highest BCUT2D eigenvalue weighted by atomic mass is 35.5. The highest BCUT2D eigenvalue weighted by Gasteiger charge is 2.23. The van der Waals surface area contributed by atoms with Gasteiger partial charge in [0.15, 0.2) is 11.0 Å². The monoisotopic (exact) mass is 343 g/mol. The molecule has 116 valence electrons. The van der Waals surface area contributed by atoms with Crippen LogP contribution in [-0.4, -0.2) is 16.1 Å². The average Bonchev–Trinajstić information content (AvgIpc) is 2.90. The van der Waals surface area contributed by atoms with E-state index < -0.39 is 0 Å². The Labute approximate surface area is 143 Å². The summed E-state index contributed by atoms with van der Waals surface area (Å²) in [5.74, 6) is 0.355. The Morgan fingerprint density at radius 3 is 2.70 bits per heavy atom. The largest absolute Gasteiger partial charge is 0.300 e. The van der Waals surface area contributed by atoms with Gasteiger partial charge in [0, 0.05) is 6.20 Å². The number of aliphatic imine (C=N–C) groups is 1. The summed E-state index contributed by atoms with van der Waals surface area (Å²) in [7, 11) is 0. The van der Waals surface area contributed by atoms with Crippen molar-refractivity contribution in [2.75, 3.05) is 0 Å². The van der Waals surface area contributed by atoms with E-state index in [0.717, 1.165) is 12.0 Å². The molecule has 1 aliphatic heterocycles. The number of amidine groups is 1. The van der Waals surface area contributed by atoms with Crippen molar-refractivity contribution in [1.29, 1.82) is 0 Å². The smallest absolute Gasteiger partial charge is 0.264 e. The van der Waals surface area contributed by atoms with E-state index in [2.05, 4.69) is 34.3 Å². The van der Waals surface area contributed by atoms with Crippen LogP contribution >= 0.6 is 23.4 Å². The number of aromatic nitrogens is 1. The lowest BCUT2D eigenvalue weighted by molar-refractivity contribution is -0.115. The maximum absolute atomic E-state index is 12.0. The number of carbonyl (C=O) groups is 1. The number of nitrogens with zero attached hydrogens (tertiary/aromatic N) is 2. The Kier molecular flexibility index (Phi) is 4.79. The van der Waals surface area contributed by atoms with Crippen LogP contribution in [0.4, 0.5) is 5.82 Å². The van der Waals surface area contributed by atoms with Gasteiger partial charge in [0.2, 0.25) is 0 Å². The van der Waals surface area contributed by atoms with Crippen molar-refractivity contribution in [2.45, 2.75) is 13.3 Å². The molecule has 1 aromatic carbocycles. The summed E-state index contributed by atoms with van der Waals surface area (Å²) >= 11 is 7.09. The van der Waals surface area contributed by atoms with Crippen LogP contribution in [0.25, 0.3) is 6.08 Å². The first-order chi connectivity index (χ1) is 11.1. The van der Waals surface area contributed by atoms with Crippen molar-refractivity contribution < 1.29 is 4.79 Å². The number of pyridine rings is 1. The Bertz CT molecular complexity index is 782. The van der Waals surface area contributed by atoms with Crippen LogP contribution in [0.5, 0.6) is 0 Å². The van der Waals surface area contributed by atoms with E-state index in [1.54, 1.807) is 12.1 Å². The van der Waals surface area contributed by atoms with Crippen molar-refractivity contribution in [2.24, 2.45) is 4.99 Å². The molecule has 1 fully saturated rings. The van der Waals surface area contributed by atoms with Crippen molar-refractivity contribution in [3.8, 4) is 0 Å². The predicted octanol–water partition coefficient (Wildman–Crippen LogP) is 4.19. The minimum Gasteiger partial charge on any atom is -0.300 e. The van der Waals surface area contributed by atoms with E-state index in [9.17, 15) is 4.79 Å². The van der Waals surface area contributed by atoms with Gasteiger partial charge in [0.05, 0.1) is 9.93 Å². The summed E-state index contributed by atoms with van der Waals surface area (Å²) in [6.07, 6.45) is 4.38. The Morgan fingerprint density at radius 2 is 2.04 bits per heavy atom. The molecule has 2 heterocycles. The Hall–Kier alpha value is -2.11. The van der Waals surface area contributed by atoms with E-state index in [1.165, 1.54) is 23.5 Å². The topological polar surface area (TPSA) is 54.4 Å². The van der Waals surface area contributed by atoms with Crippen LogP contribution in [0, 0.1) is 0 Å². The molecule has 1 N–H and O–H groups in total. The van der Waals surface area contributed by atoms with E-state index >= 15 is 0 Å². The number of thioether (sulfide) groups is 1. The van der Waals surface area contributed by atoms with Gasteiger partial charge in [-0.3, -0.25) is 4.79 Å². The third kappa shape index (κ3) is 4.00. The molecule has 0 saturated carbocycles. The molecular weight excluding hydrogens is 330 g/mol. The number of amides is 1. The number of nitrogens with one attached hydrogen (secondary N) is 1. The van der Waals surface area contributed by atoms with Gasteiger partial charge >= 0.3 is 0 Å². The highest BCUT2D eigenvalue weighted by molar-refractivity contribution is 8.18. The predicted molar refractivity (Wildman–Crippen MR) is 95.9 cm³/mol. The molecule has 0 unspecified atom stereocenters. The van der Waals surface area contributed by atoms with Gasteiger partial charge in [0.25, 0.3) is 5.91 Å².